The monoisotopic (exact) mass is 281 g/mol. The van der Waals surface area contributed by atoms with E-state index in [-0.39, 0.29) is 11.3 Å². The summed E-state index contributed by atoms with van der Waals surface area (Å²) in [5.74, 6) is -1.94. The first kappa shape index (κ1) is 14.9. The van der Waals surface area contributed by atoms with Crippen LogP contribution in [0.5, 0.6) is 11.6 Å². The van der Waals surface area contributed by atoms with E-state index in [2.05, 4.69) is 14.2 Å². The highest BCUT2D eigenvalue weighted by Gasteiger charge is 2.33. The van der Waals surface area contributed by atoms with E-state index in [1.165, 1.54) is 0 Å². The molecule has 9 heteroatoms. The van der Waals surface area contributed by atoms with Gasteiger partial charge in [-0.2, -0.15) is 0 Å². The van der Waals surface area contributed by atoms with Gasteiger partial charge in [-0.25, -0.2) is 0 Å². The van der Waals surface area contributed by atoms with Crippen molar-refractivity contribution in [2.24, 2.45) is 0 Å². The molecular weight excluding hydrogens is 271 g/mol. The molecule has 0 bridgehead atoms. The molecule has 1 heterocycles. The molecule has 0 saturated carbocycles. The fraction of sp³-hybridized carbons (Fsp3) is 0.400. The molecule has 106 valence electrons. The van der Waals surface area contributed by atoms with E-state index in [9.17, 15) is 22.8 Å². The van der Waals surface area contributed by atoms with Gasteiger partial charge in [-0.05, 0) is 6.07 Å². The number of ether oxygens (including phenoxy) is 3. The highest BCUT2D eigenvalue weighted by atomic mass is 19.4. The predicted octanol–water partition coefficient (Wildman–Crippen LogP) is 0.998. The minimum absolute atomic E-state index is 0.0989. The summed E-state index contributed by atoms with van der Waals surface area (Å²) in [5, 5.41) is 0. The second-order valence-corrected chi connectivity index (χ2v) is 3.32. The third kappa shape index (κ3) is 4.19. The number of rotatable bonds is 4. The van der Waals surface area contributed by atoms with Crippen LogP contribution in [0, 0.1) is 0 Å². The maximum atomic E-state index is 12.1. The minimum atomic E-state index is -4.97. The summed E-state index contributed by atoms with van der Waals surface area (Å²) < 4.78 is 48.8. The van der Waals surface area contributed by atoms with Crippen molar-refractivity contribution in [1.29, 1.82) is 0 Å². The Morgan fingerprint density at radius 3 is 2.47 bits per heavy atom. The quantitative estimate of drug-likeness (QED) is 0.833. The zero-order valence-electron chi connectivity index (χ0n) is 9.96. The first-order valence-corrected chi connectivity index (χ1v) is 4.89. The molecule has 1 aromatic heterocycles. The molecular formula is C10H10F3NO5. The molecule has 1 N–H and O–H groups in total. The number of halogens is 3. The Bertz CT molecular complexity index is 523. The standard InChI is InChI=1S/C10H10F3NO5/c1-17-6-3-5(4-7(15)18-2)8(16)14-9(6)19-10(11,12)13/h3H,4H2,1-2H3,(H,14,16). The van der Waals surface area contributed by atoms with Gasteiger partial charge < -0.3 is 14.2 Å². The zero-order chi connectivity index (χ0) is 14.6. The molecule has 0 aliphatic heterocycles. The number of carbonyl (C=O) groups is 1. The van der Waals surface area contributed by atoms with Crippen LogP contribution in [0.1, 0.15) is 5.56 Å². The Labute approximate surface area is 105 Å². The van der Waals surface area contributed by atoms with Crippen LogP contribution in [-0.4, -0.2) is 31.5 Å². The van der Waals surface area contributed by atoms with Gasteiger partial charge >= 0.3 is 12.3 Å². The molecule has 19 heavy (non-hydrogen) atoms. The third-order valence-corrected chi connectivity index (χ3v) is 2.05. The average Bonchev–Trinajstić information content (AvgIpc) is 2.30. The summed E-state index contributed by atoms with van der Waals surface area (Å²) in [4.78, 5) is 24.3. The zero-order valence-corrected chi connectivity index (χ0v) is 9.96. The van der Waals surface area contributed by atoms with Gasteiger partial charge in [0.25, 0.3) is 5.56 Å². The van der Waals surface area contributed by atoms with Crippen LogP contribution < -0.4 is 15.0 Å². The van der Waals surface area contributed by atoms with Crippen LogP contribution in [0.25, 0.3) is 0 Å². The van der Waals surface area contributed by atoms with E-state index in [1.807, 2.05) is 4.98 Å². The lowest BCUT2D eigenvalue weighted by Crippen LogP contribution is -2.23. The smallest absolute Gasteiger partial charge is 0.491 e. The fourth-order valence-corrected chi connectivity index (χ4v) is 1.24. The van der Waals surface area contributed by atoms with Crippen molar-refractivity contribution in [2.75, 3.05) is 14.2 Å². The number of pyridine rings is 1. The largest absolute Gasteiger partial charge is 0.574 e. The number of aromatic nitrogens is 1. The number of alkyl halides is 3. The molecule has 0 aromatic carbocycles. The second-order valence-electron chi connectivity index (χ2n) is 3.32. The lowest BCUT2D eigenvalue weighted by Gasteiger charge is -2.12. The lowest BCUT2D eigenvalue weighted by atomic mass is 10.2. The highest BCUT2D eigenvalue weighted by molar-refractivity contribution is 5.72. The summed E-state index contributed by atoms with van der Waals surface area (Å²) in [6.45, 7) is 0. The topological polar surface area (TPSA) is 77.6 Å². The first-order chi connectivity index (χ1) is 8.76. The van der Waals surface area contributed by atoms with Crippen molar-refractivity contribution < 1.29 is 32.2 Å². The highest BCUT2D eigenvalue weighted by Crippen LogP contribution is 2.29. The molecule has 0 unspecified atom stereocenters. The van der Waals surface area contributed by atoms with Crippen molar-refractivity contribution >= 4 is 5.97 Å². The Hall–Kier alpha value is -2.19. The van der Waals surface area contributed by atoms with Crippen LogP contribution in [0.2, 0.25) is 0 Å². The number of esters is 1. The summed E-state index contributed by atoms with van der Waals surface area (Å²) in [6, 6.07) is 0.983. The van der Waals surface area contributed by atoms with Crippen LogP contribution in [-0.2, 0) is 16.0 Å². The molecule has 0 radical (unpaired) electrons. The van der Waals surface area contributed by atoms with Gasteiger partial charge in [0.05, 0.1) is 20.6 Å². The number of nitrogens with one attached hydrogen (secondary N) is 1. The van der Waals surface area contributed by atoms with E-state index in [1.54, 1.807) is 0 Å². The minimum Gasteiger partial charge on any atom is -0.491 e. The number of methoxy groups -OCH3 is 2. The second kappa shape index (κ2) is 5.63. The van der Waals surface area contributed by atoms with Crippen LogP contribution in [0.4, 0.5) is 13.2 Å². The normalized spacial score (nSPS) is 11.0. The van der Waals surface area contributed by atoms with Gasteiger partial charge in [-0.1, -0.05) is 0 Å². The molecule has 1 aromatic rings. The molecule has 0 saturated heterocycles. The molecule has 0 aliphatic rings. The maximum Gasteiger partial charge on any atom is 0.574 e. The summed E-state index contributed by atoms with van der Waals surface area (Å²) in [7, 11) is 2.22. The van der Waals surface area contributed by atoms with Gasteiger partial charge in [-0.15, -0.1) is 13.2 Å². The number of hydrogen-bond acceptors (Lipinski definition) is 5. The van der Waals surface area contributed by atoms with Crippen molar-refractivity contribution in [3.8, 4) is 11.6 Å². The number of H-pyrrole nitrogens is 1. The molecule has 0 spiro atoms. The molecule has 0 amide bonds. The van der Waals surface area contributed by atoms with Crippen molar-refractivity contribution in [3.05, 3.63) is 22.0 Å². The number of hydrogen-bond donors (Lipinski definition) is 1. The van der Waals surface area contributed by atoms with Crippen molar-refractivity contribution in [3.63, 3.8) is 0 Å². The van der Waals surface area contributed by atoms with Crippen LogP contribution in [0.15, 0.2) is 10.9 Å². The van der Waals surface area contributed by atoms with Crippen LogP contribution >= 0.6 is 0 Å². The Kier molecular flexibility index (Phi) is 4.41. The van der Waals surface area contributed by atoms with Crippen molar-refractivity contribution in [2.45, 2.75) is 12.8 Å². The molecule has 0 atom stereocenters. The van der Waals surface area contributed by atoms with Gasteiger partial charge in [0.1, 0.15) is 0 Å². The van der Waals surface area contributed by atoms with Gasteiger partial charge in [0.15, 0.2) is 5.75 Å². The van der Waals surface area contributed by atoms with E-state index < -0.39 is 30.2 Å². The molecule has 1 rings (SSSR count). The Balaban J connectivity index is 3.14. The lowest BCUT2D eigenvalue weighted by molar-refractivity contribution is -0.276. The van der Waals surface area contributed by atoms with E-state index >= 15 is 0 Å². The molecule has 0 aliphatic carbocycles. The third-order valence-electron chi connectivity index (χ3n) is 2.05. The Morgan fingerprint density at radius 1 is 1.37 bits per heavy atom. The first-order valence-electron chi connectivity index (χ1n) is 4.89. The van der Waals surface area contributed by atoms with E-state index in [0.29, 0.717) is 0 Å². The predicted molar refractivity (Wildman–Crippen MR) is 56.0 cm³/mol. The van der Waals surface area contributed by atoms with E-state index in [4.69, 9.17) is 0 Å². The average molecular weight is 281 g/mol. The fourth-order valence-electron chi connectivity index (χ4n) is 1.24. The van der Waals surface area contributed by atoms with Gasteiger partial charge in [-0.3, -0.25) is 14.6 Å². The molecule has 0 fully saturated rings. The number of aromatic amines is 1. The number of carbonyl (C=O) groups excluding carboxylic acids is 1. The maximum absolute atomic E-state index is 12.1. The van der Waals surface area contributed by atoms with Gasteiger partial charge in [0.2, 0.25) is 5.88 Å². The summed E-state index contributed by atoms with van der Waals surface area (Å²) >= 11 is 0. The van der Waals surface area contributed by atoms with E-state index in [0.717, 1.165) is 20.3 Å². The van der Waals surface area contributed by atoms with Crippen molar-refractivity contribution in [1.82, 2.24) is 4.98 Å². The molecule has 6 nitrogen and oxygen atoms in total. The summed E-state index contributed by atoms with van der Waals surface area (Å²) in [5.41, 5.74) is -0.997. The Morgan fingerprint density at radius 2 is 2.00 bits per heavy atom. The SMILES string of the molecule is COC(=O)Cc1cc(OC)c(OC(F)(F)F)[nH]c1=O. The summed E-state index contributed by atoms with van der Waals surface area (Å²) in [6.07, 6.45) is -5.37. The van der Waals surface area contributed by atoms with Crippen LogP contribution in [0.3, 0.4) is 0 Å². The van der Waals surface area contributed by atoms with Gasteiger partial charge in [0, 0.05) is 5.56 Å².